The minimum atomic E-state index is -1.02. The molecular formula is C15H20N2O3. The van der Waals surface area contributed by atoms with Crippen LogP contribution in [-0.4, -0.2) is 24.0 Å². The van der Waals surface area contributed by atoms with Gasteiger partial charge in [0.25, 0.3) is 0 Å². The third-order valence-electron chi connectivity index (χ3n) is 3.92. The van der Waals surface area contributed by atoms with E-state index in [9.17, 15) is 9.59 Å². The van der Waals surface area contributed by atoms with Crippen LogP contribution < -0.4 is 10.6 Å². The van der Waals surface area contributed by atoms with Gasteiger partial charge in [0.2, 0.25) is 5.91 Å². The van der Waals surface area contributed by atoms with Gasteiger partial charge in [-0.3, -0.25) is 4.79 Å². The average Bonchev–Trinajstić information content (AvgIpc) is 2.46. The molecule has 0 unspecified atom stereocenters. The first-order valence-electron chi connectivity index (χ1n) is 6.91. The lowest BCUT2D eigenvalue weighted by molar-refractivity contribution is -0.123. The normalized spacial score (nSPS) is 15.8. The van der Waals surface area contributed by atoms with E-state index in [0.717, 1.165) is 25.7 Å². The Balaban J connectivity index is 2.17. The highest BCUT2D eigenvalue weighted by atomic mass is 16.4. The molecule has 5 heteroatoms. The molecule has 108 valence electrons. The van der Waals surface area contributed by atoms with Crippen molar-refractivity contribution < 1.29 is 14.7 Å². The Hall–Kier alpha value is -2.04. The highest BCUT2D eigenvalue weighted by molar-refractivity contribution is 5.98. The van der Waals surface area contributed by atoms with Gasteiger partial charge in [-0.15, -0.1) is 0 Å². The maximum atomic E-state index is 12.4. The Labute approximate surface area is 118 Å². The van der Waals surface area contributed by atoms with E-state index in [1.165, 1.54) is 18.6 Å². The van der Waals surface area contributed by atoms with Gasteiger partial charge in [-0.2, -0.15) is 0 Å². The average molecular weight is 276 g/mol. The minimum absolute atomic E-state index is 0.0623. The lowest BCUT2D eigenvalue weighted by Gasteiger charge is -2.27. The number of carbonyl (C=O) groups is 2. The standard InChI is InChI=1S/C15H20N2O3/c1-17(14(18)10-5-3-2-4-6-10)13-8-7-11(15(19)20)9-12(13)16/h7-10H,2-6,16H2,1H3,(H,19,20). The van der Waals surface area contributed by atoms with Gasteiger partial charge in [-0.25, -0.2) is 4.79 Å². The molecule has 20 heavy (non-hydrogen) atoms. The van der Waals surface area contributed by atoms with Crippen LogP contribution >= 0.6 is 0 Å². The zero-order valence-corrected chi connectivity index (χ0v) is 11.6. The van der Waals surface area contributed by atoms with E-state index in [0.29, 0.717) is 11.4 Å². The molecule has 3 N–H and O–H groups in total. The number of hydrogen-bond donors (Lipinski definition) is 2. The summed E-state index contributed by atoms with van der Waals surface area (Å²) in [6, 6.07) is 4.46. The zero-order valence-electron chi connectivity index (χ0n) is 11.6. The number of nitrogen functional groups attached to an aromatic ring is 1. The summed E-state index contributed by atoms with van der Waals surface area (Å²) in [5.74, 6) is -0.892. The number of amides is 1. The van der Waals surface area contributed by atoms with Crippen molar-refractivity contribution in [2.45, 2.75) is 32.1 Å². The number of carbonyl (C=O) groups excluding carboxylic acids is 1. The van der Waals surface area contributed by atoms with Crippen molar-refractivity contribution in [2.75, 3.05) is 17.7 Å². The first-order chi connectivity index (χ1) is 9.50. The van der Waals surface area contributed by atoms with Gasteiger partial charge in [-0.05, 0) is 31.0 Å². The van der Waals surface area contributed by atoms with E-state index < -0.39 is 5.97 Å². The Bertz CT molecular complexity index is 522. The van der Waals surface area contributed by atoms with E-state index >= 15 is 0 Å². The van der Waals surface area contributed by atoms with Crippen molar-refractivity contribution >= 4 is 23.3 Å². The van der Waals surface area contributed by atoms with Crippen LogP contribution in [-0.2, 0) is 4.79 Å². The second-order valence-corrected chi connectivity index (χ2v) is 5.31. The third-order valence-corrected chi connectivity index (χ3v) is 3.92. The Morgan fingerprint density at radius 2 is 1.90 bits per heavy atom. The molecule has 0 radical (unpaired) electrons. The lowest BCUT2D eigenvalue weighted by atomic mass is 9.88. The van der Waals surface area contributed by atoms with Crippen LogP contribution in [0.3, 0.4) is 0 Å². The third kappa shape index (κ3) is 2.92. The summed E-state index contributed by atoms with van der Waals surface area (Å²) >= 11 is 0. The number of benzene rings is 1. The van der Waals surface area contributed by atoms with Crippen LogP contribution in [0.15, 0.2) is 18.2 Å². The summed E-state index contributed by atoms with van der Waals surface area (Å²) in [5.41, 5.74) is 6.89. The molecule has 0 heterocycles. The monoisotopic (exact) mass is 276 g/mol. The van der Waals surface area contributed by atoms with E-state index in [1.54, 1.807) is 18.0 Å². The van der Waals surface area contributed by atoms with Crippen LogP contribution in [0.4, 0.5) is 11.4 Å². The number of nitrogens with two attached hydrogens (primary N) is 1. The number of anilines is 2. The second kappa shape index (κ2) is 5.94. The topological polar surface area (TPSA) is 83.6 Å². The van der Waals surface area contributed by atoms with Gasteiger partial charge in [0.1, 0.15) is 0 Å². The maximum absolute atomic E-state index is 12.4. The fourth-order valence-electron chi connectivity index (χ4n) is 2.74. The molecule has 0 saturated heterocycles. The Morgan fingerprint density at radius 3 is 2.45 bits per heavy atom. The Kier molecular flexibility index (Phi) is 4.27. The van der Waals surface area contributed by atoms with E-state index in [4.69, 9.17) is 10.8 Å². The molecular weight excluding hydrogens is 256 g/mol. The SMILES string of the molecule is CN(C(=O)C1CCCCC1)c1ccc(C(=O)O)cc1N. The quantitative estimate of drug-likeness (QED) is 0.831. The van der Waals surface area contributed by atoms with Crippen molar-refractivity contribution in [3.8, 4) is 0 Å². The first kappa shape index (κ1) is 14.4. The molecule has 1 aliphatic carbocycles. The predicted molar refractivity (Wildman–Crippen MR) is 77.8 cm³/mol. The second-order valence-electron chi connectivity index (χ2n) is 5.31. The smallest absolute Gasteiger partial charge is 0.335 e. The van der Waals surface area contributed by atoms with Gasteiger partial charge in [0, 0.05) is 13.0 Å². The van der Waals surface area contributed by atoms with E-state index in [2.05, 4.69) is 0 Å². The number of hydrogen-bond acceptors (Lipinski definition) is 3. The fourth-order valence-corrected chi connectivity index (χ4v) is 2.74. The number of rotatable bonds is 3. The van der Waals surface area contributed by atoms with Gasteiger partial charge in [0.15, 0.2) is 0 Å². The highest BCUT2D eigenvalue weighted by Gasteiger charge is 2.25. The summed E-state index contributed by atoms with van der Waals surface area (Å²) < 4.78 is 0. The molecule has 0 aliphatic heterocycles. The van der Waals surface area contributed by atoms with Crippen LogP contribution in [0.1, 0.15) is 42.5 Å². The molecule has 0 atom stereocenters. The van der Waals surface area contributed by atoms with Crippen molar-refractivity contribution in [1.29, 1.82) is 0 Å². The molecule has 1 aromatic rings. The van der Waals surface area contributed by atoms with Crippen LogP contribution in [0.5, 0.6) is 0 Å². The van der Waals surface area contributed by atoms with Crippen molar-refractivity contribution in [1.82, 2.24) is 0 Å². The minimum Gasteiger partial charge on any atom is -0.478 e. The first-order valence-corrected chi connectivity index (χ1v) is 6.91. The molecule has 0 bridgehead atoms. The highest BCUT2D eigenvalue weighted by Crippen LogP contribution is 2.29. The fraction of sp³-hybridized carbons (Fsp3) is 0.467. The Morgan fingerprint density at radius 1 is 1.25 bits per heavy atom. The number of carboxylic acids is 1. The van der Waals surface area contributed by atoms with E-state index in [-0.39, 0.29) is 17.4 Å². The summed E-state index contributed by atoms with van der Waals surface area (Å²) in [6.07, 6.45) is 5.24. The molecule has 1 aromatic carbocycles. The number of nitrogens with zero attached hydrogens (tertiary/aromatic N) is 1. The molecule has 1 fully saturated rings. The zero-order chi connectivity index (χ0) is 14.7. The largest absolute Gasteiger partial charge is 0.478 e. The van der Waals surface area contributed by atoms with Gasteiger partial charge in [-0.1, -0.05) is 19.3 Å². The molecule has 1 amide bonds. The van der Waals surface area contributed by atoms with Gasteiger partial charge >= 0.3 is 5.97 Å². The molecule has 1 aliphatic rings. The summed E-state index contributed by atoms with van der Waals surface area (Å²) in [5, 5.41) is 8.92. The molecule has 1 saturated carbocycles. The number of aromatic carboxylic acids is 1. The van der Waals surface area contributed by atoms with Gasteiger partial charge in [0.05, 0.1) is 16.9 Å². The maximum Gasteiger partial charge on any atom is 0.335 e. The molecule has 2 rings (SSSR count). The van der Waals surface area contributed by atoms with E-state index in [1.807, 2.05) is 0 Å². The summed E-state index contributed by atoms with van der Waals surface area (Å²) in [4.78, 5) is 24.9. The van der Waals surface area contributed by atoms with Crippen molar-refractivity contribution in [2.24, 2.45) is 5.92 Å². The lowest BCUT2D eigenvalue weighted by Crippen LogP contribution is -2.34. The predicted octanol–water partition coefficient (Wildman–Crippen LogP) is 2.51. The van der Waals surface area contributed by atoms with Crippen molar-refractivity contribution in [3.63, 3.8) is 0 Å². The van der Waals surface area contributed by atoms with Gasteiger partial charge < -0.3 is 15.7 Å². The van der Waals surface area contributed by atoms with Crippen molar-refractivity contribution in [3.05, 3.63) is 23.8 Å². The molecule has 5 nitrogen and oxygen atoms in total. The number of carboxylic acid groups (broad SMARTS) is 1. The molecule has 0 spiro atoms. The van der Waals surface area contributed by atoms with Crippen LogP contribution in [0.2, 0.25) is 0 Å². The van der Waals surface area contributed by atoms with Crippen LogP contribution in [0.25, 0.3) is 0 Å². The molecule has 0 aromatic heterocycles. The summed E-state index contributed by atoms with van der Waals surface area (Å²) in [7, 11) is 1.70. The van der Waals surface area contributed by atoms with Crippen LogP contribution in [0, 0.1) is 5.92 Å². The summed E-state index contributed by atoms with van der Waals surface area (Å²) in [6.45, 7) is 0.